The van der Waals surface area contributed by atoms with Gasteiger partial charge in [0.15, 0.2) is 24.6 Å². The summed E-state index contributed by atoms with van der Waals surface area (Å²) in [5.74, 6) is -6.00. The van der Waals surface area contributed by atoms with Crippen LogP contribution in [0.4, 0.5) is 4.79 Å². The molecule has 1 saturated heterocycles. The van der Waals surface area contributed by atoms with Crippen LogP contribution >= 0.6 is 0 Å². The molecular weight excluding hydrogens is 802 g/mol. The number of urea groups is 1. The smallest absolute Gasteiger partial charge is 0.329 e. The number of hydrogen-bond donors (Lipinski definition) is 2. The summed E-state index contributed by atoms with van der Waals surface area (Å²) in [5, 5.41) is 5.51. The van der Waals surface area contributed by atoms with E-state index in [-0.39, 0.29) is 26.2 Å². The first kappa shape index (κ1) is 51.8. The predicted molar refractivity (Wildman–Crippen MR) is 215 cm³/mol. The molecule has 1 unspecified atom stereocenters. The Hall–Kier alpha value is -5.30. The first-order valence-corrected chi connectivity index (χ1v) is 20.0. The maximum absolute atomic E-state index is 14.3. The molecule has 0 aliphatic carbocycles. The highest BCUT2D eigenvalue weighted by Crippen LogP contribution is 2.30. The molecule has 1 aliphatic heterocycles. The van der Waals surface area contributed by atoms with E-state index in [0.717, 1.165) is 32.6 Å². The molecule has 0 radical (unpaired) electrons. The minimum Gasteiger partial charge on any atom is -0.463 e. The monoisotopic (exact) mass is 865 g/mol. The van der Waals surface area contributed by atoms with Gasteiger partial charge in [0.25, 0.3) is 0 Å². The topological polar surface area (TPSA) is 238 Å². The van der Waals surface area contributed by atoms with E-state index < -0.39 is 121 Å². The van der Waals surface area contributed by atoms with Gasteiger partial charge in [-0.3, -0.25) is 28.8 Å². The standard InChI is InChI=1S/C42H63N3O16/c1-24(2)33(38(52)61-42(10,11)12)43-37(51)30(21-32(50)56-22-29-17-14-13-15-18-29)45(40(53)44-41(7,8)9)19-16-20-54-39-36(59-28(6)49)35(58-27(5)48)34(57-26(4)47)31(60-39)23-55-25(3)46/h13-15,17-18,24,30-31,33-36,39H,16,19-23H2,1-12H3,(H,43,51)(H,44,53)/t30?,31-,33+,34-,35+,36-,39-/m1/s1. The molecule has 1 heterocycles. The largest absolute Gasteiger partial charge is 0.463 e. The van der Waals surface area contributed by atoms with Crippen LogP contribution in [0.2, 0.25) is 0 Å². The average Bonchev–Trinajstić information content (AvgIpc) is 3.11. The van der Waals surface area contributed by atoms with Crippen molar-refractivity contribution in [1.82, 2.24) is 15.5 Å². The summed E-state index contributed by atoms with van der Waals surface area (Å²) in [4.78, 5) is 105. The van der Waals surface area contributed by atoms with Crippen molar-refractivity contribution in [2.45, 2.75) is 156 Å². The summed E-state index contributed by atoms with van der Waals surface area (Å²) < 4.78 is 44.6. The Morgan fingerprint density at radius 1 is 0.770 bits per heavy atom. The molecule has 7 atom stereocenters. The van der Waals surface area contributed by atoms with E-state index >= 15 is 0 Å². The Bertz CT molecular complexity index is 1670. The van der Waals surface area contributed by atoms with Gasteiger partial charge in [0.05, 0.1) is 13.0 Å². The fraction of sp³-hybridized carbons (Fsp3) is 0.667. The van der Waals surface area contributed by atoms with Crippen LogP contribution < -0.4 is 10.6 Å². The van der Waals surface area contributed by atoms with Gasteiger partial charge in [0, 0.05) is 39.8 Å². The zero-order valence-corrected chi connectivity index (χ0v) is 37.2. The summed E-state index contributed by atoms with van der Waals surface area (Å²) in [5.41, 5.74) is -1.01. The number of ether oxygens (including phenoxy) is 8. The average molecular weight is 866 g/mol. The van der Waals surface area contributed by atoms with Crippen molar-refractivity contribution in [3.8, 4) is 0 Å². The summed E-state index contributed by atoms with van der Waals surface area (Å²) in [6, 6.07) is 5.41. The number of carbonyl (C=O) groups excluding carboxylic acids is 8. The Kier molecular flexibility index (Phi) is 20.1. The molecule has 2 N–H and O–H groups in total. The lowest BCUT2D eigenvalue weighted by molar-refractivity contribution is -0.308. The maximum atomic E-state index is 14.3. The molecule has 0 spiro atoms. The van der Waals surface area contributed by atoms with Crippen LogP contribution in [0, 0.1) is 5.92 Å². The number of benzene rings is 1. The van der Waals surface area contributed by atoms with E-state index in [0.29, 0.717) is 5.56 Å². The zero-order valence-electron chi connectivity index (χ0n) is 37.2. The molecular formula is C42H63N3O16. The van der Waals surface area contributed by atoms with Crippen LogP contribution in [0.5, 0.6) is 0 Å². The quantitative estimate of drug-likeness (QED) is 0.115. The van der Waals surface area contributed by atoms with Gasteiger partial charge in [0.2, 0.25) is 5.91 Å². The van der Waals surface area contributed by atoms with Crippen LogP contribution in [0.25, 0.3) is 0 Å². The molecule has 1 aromatic carbocycles. The van der Waals surface area contributed by atoms with Crippen LogP contribution in [0.15, 0.2) is 30.3 Å². The van der Waals surface area contributed by atoms with Gasteiger partial charge < -0.3 is 53.4 Å². The van der Waals surface area contributed by atoms with Crippen molar-refractivity contribution in [3.05, 3.63) is 35.9 Å². The lowest BCUT2D eigenvalue weighted by Gasteiger charge is -2.44. The highest BCUT2D eigenvalue weighted by atomic mass is 16.7. The van der Waals surface area contributed by atoms with E-state index in [1.807, 2.05) is 0 Å². The SMILES string of the molecule is CC(=O)OC[C@H]1O[C@@H](OCCCN(C(=O)NC(C)(C)C)C(CC(=O)OCc2ccccc2)C(=O)N[C@H](C(=O)OC(C)(C)C)C(C)C)[C@H](OC(C)=O)[C@@H](OC(C)=O)[C@@H]1OC(C)=O. The van der Waals surface area contributed by atoms with E-state index in [4.69, 9.17) is 37.9 Å². The van der Waals surface area contributed by atoms with Crippen LogP contribution in [0.1, 0.15) is 101 Å². The first-order chi connectivity index (χ1) is 28.3. The van der Waals surface area contributed by atoms with Gasteiger partial charge in [-0.1, -0.05) is 44.2 Å². The van der Waals surface area contributed by atoms with E-state index in [1.54, 1.807) is 85.7 Å². The lowest BCUT2D eigenvalue weighted by atomic mass is 9.98. The highest BCUT2D eigenvalue weighted by Gasteiger charge is 2.53. The number of amides is 3. The van der Waals surface area contributed by atoms with Gasteiger partial charge >= 0.3 is 41.8 Å². The van der Waals surface area contributed by atoms with Crippen molar-refractivity contribution in [1.29, 1.82) is 0 Å². The maximum Gasteiger partial charge on any atom is 0.329 e. The highest BCUT2D eigenvalue weighted by molar-refractivity contribution is 5.93. The fourth-order valence-electron chi connectivity index (χ4n) is 5.96. The summed E-state index contributed by atoms with van der Waals surface area (Å²) >= 11 is 0. The second kappa shape index (κ2) is 23.6. The van der Waals surface area contributed by atoms with Gasteiger partial charge in [-0.25, -0.2) is 9.59 Å². The van der Waals surface area contributed by atoms with Crippen molar-refractivity contribution < 1.29 is 76.3 Å². The normalized spacial score (nSPS) is 19.9. The van der Waals surface area contributed by atoms with Gasteiger partial charge in [-0.2, -0.15) is 0 Å². The third kappa shape index (κ3) is 18.9. The Balaban J connectivity index is 2.52. The molecule has 0 saturated carbocycles. The van der Waals surface area contributed by atoms with Crippen molar-refractivity contribution >= 4 is 47.8 Å². The summed E-state index contributed by atoms with van der Waals surface area (Å²) in [6.07, 6.45) is -7.83. The van der Waals surface area contributed by atoms with Crippen LogP contribution in [-0.2, 0) is 78.1 Å². The second-order valence-electron chi connectivity index (χ2n) is 16.8. The molecule has 19 heteroatoms. The molecule has 61 heavy (non-hydrogen) atoms. The summed E-state index contributed by atoms with van der Waals surface area (Å²) in [7, 11) is 0. The van der Waals surface area contributed by atoms with Crippen molar-refractivity contribution in [3.63, 3.8) is 0 Å². The molecule has 2 rings (SSSR count). The third-order valence-corrected chi connectivity index (χ3v) is 8.42. The zero-order chi connectivity index (χ0) is 46.2. The number of rotatable bonds is 19. The van der Waals surface area contributed by atoms with E-state index in [1.165, 1.54) is 0 Å². The molecule has 0 bridgehead atoms. The molecule has 1 aromatic rings. The minimum atomic E-state index is -1.53. The molecule has 1 fully saturated rings. The summed E-state index contributed by atoms with van der Waals surface area (Å²) in [6.45, 7) is 16.9. The minimum absolute atomic E-state index is 0.0487. The van der Waals surface area contributed by atoms with Crippen LogP contribution in [-0.4, -0.2) is 126 Å². The second-order valence-corrected chi connectivity index (χ2v) is 16.8. The molecule has 3 amide bonds. The molecule has 0 aromatic heterocycles. The lowest BCUT2D eigenvalue weighted by Crippen LogP contribution is -2.63. The van der Waals surface area contributed by atoms with E-state index in [9.17, 15) is 38.4 Å². The molecule has 342 valence electrons. The van der Waals surface area contributed by atoms with Crippen molar-refractivity contribution in [2.75, 3.05) is 19.8 Å². The molecule has 1 aliphatic rings. The van der Waals surface area contributed by atoms with Crippen molar-refractivity contribution in [2.24, 2.45) is 5.92 Å². The third-order valence-electron chi connectivity index (χ3n) is 8.42. The molecule has 19 nitrogen and oxygen atoms in total. The predicted octanol–water partition coefficient (Wildman–Crippen LogP) is 3.27. The Morgan fingerprint density at radius 3 is 1.87 bits per heavy atom. The number of esters is 6. The Labute approximate surface area is 357 Å². The first-order valence-electron chi connectivity index (χ1n) is 20.0. The fourth-order valence-corrected chi connectivity index (χ4v) is 5.96. The van der Waals surface area contributed by atoms with Gasteiger partial charge in [-0.05, 0) is 59.4 Å². The number of nitrogens with zero attached hydrogens (tertiary/aromatic N) is 1. The van der Waals surface area contributed by atoms with Crippen LogP contribution in [0.3, 0.4) is 0 Å². The number of carbonyl (C=O) groups is 8. The van der Waals surface area contributed by atoms with Gasteiger partial charge in [0.1, 0.15) is 37.0 Å². The Morgan fingerprint density at radius 2 is 1.34 bits per heavy atom. The number of nitrogens with one attached hydrogen (secondary N) is 2. The number of hydrogen-bond acceptors (Lipinski definition) is 16. The van der Waals surface area contributed by atoms with Gasteiger partial charge in [-0.15, -0.1) is 0 Å². The van der Waals surface area contributed by atoms with E-state index in [2.05, 4.69) is 10.6 Å².